The van der Waals surface area contributed by atoms with E-state index >= 15 is 0 Å². The third kappa shape index (κ3) is 7.79. The van der Waals surface area contributed by atoms with Crippen LogP contribution in [0.2, 0.25) is 5.02 Å². The Morgan fingerprint density at radius 2 is 1.31 bits per heavy atom. The highest BCUT2D eigenvalue weighted by atomic mass is 35.5. The van der Waals surface area contributed by atoms with Crippen LogP contribution >= 0.6 is 11.6 Å². The van der Waals surface area contributed by atoms with Crippen LogP contribution < -0.4 is 10.6 Å². The molecule has 0 radical (unpaired) electrons. The molecule has 10 heteroatoms. The van der Waals surface area contributed by atoms with Crippen molar-refractivity contribution in [2.24, 2.45) is 11.8 Å². The smallest absolute Gasteiger partial charge is 0.308 e. The van der Waals surface area contributed by atoms with Crippen molar-refractivity contribution in [2.45, 2.75) is 27.7 Å². The zero-order valence-electron chi connectivity index (χ0n) is 16.5. The highest BCUT2D eigenvalue weighted by molar-refractivity contribution is 6.37. The molecular formula is C19H22ClN3O6. The molecular weight excluding hydrogens is 402 g/mol. The van der Waals surface area contributed by atoms with Gasteiger partial charge in [0.1, 0.15) is 0 Å². The first-order chi connectivity index (χ1) is 13.5. The van der Waals surface area contributed by atoms with Gasteiger partial charge in [0.2, 0.25) is 0 Å². The Morgan fingerprint density at radius 3 is 1.62 bits per heavy atom. The molecule has 0 aliphatic heterocycles. The van der Waals surface area contributed by atoms with E-state index in [1.54, 1.807) is 27.7 Å². The van der Waals surface area contributed by atoms with Gasteiger partial charge in [-0.3, -0.25) is 19.2 Å². The van der Waals surface area contributed by atoms with E-state index < -0.39 is 37.0 Å². The summed E-state index contributed by atoms with van der Waals surface area (Å²) in [6, 6.07) is 4.49. The number of hydrogen-bond acceptors (Lipinski definition) is 7. The predicted molar refractivity (Wildman–Crippen MR) is 105 cm³/mol. The Hall–Kier alpha value is -3.12. The average molecular weight is 424 g/mol. The SMILES string of the molecule is CC(C)C(=O)OCC(=O)Nc1cc(C#N)cc(NC(=O)COC(=O)C(C)C)c1Cl. The van der Waals surface area contributed by atoms with Crippen LogP contribution in [0.25, 0.3) is 0 Å². The number of carbonyl (C=O) groups is 4. The number of carbonyl (C=O) groups excluding carboxylic acids is 4. The fraction of sp³-hybridized carbons (Fsp3) is 0.421. The van der Waals surface area contributed by atoms with Gasteiger partial charge in [-0.15, -0.1) is 0 Å². The number of esters is 2. The maximum atomic E-state index is 12.0. The summed E-state index contributed by atoms with van der Waals surface area (Å²) in [5.41, 5.74) is 0.204. The van der Waals surface area contributed by atoms with Gasteiger partial charge in [0.25, 0.3) is 11.8 Å². The van der Waals surface area contributed by atoms with Crippen LogP contribution in [-0.2, 0) is 28.7 Å². The average Bonchev–Trinajstić information content (AvgIpc) is 2.66. The van der Waals surface area contributed by atoms with Crippen molar-refractivity contribution in [3.8, 4) is 6.07 Å². The van der Waals surface area contributed by atoms with Gasteiger partial charge < -0.3 is 20.1 Å². The lowest BCUT2D eigenvalue weighted by molar-refractivity contribution is -0.150. The van der Waals surface area contributed by atoms with Crippen LogP contribution in [-0.4, -0.2) is 37.0 Å². The lowest BCUT2D eigenvalue weighted by Crippen LogP contribution is -2.24. The van der Waals surface area contributed by atoms with Crippen molar-refractivity contribution in [1.29, 1.82) is 5.26 Å². The Bertz CT molecular complexity index is 786. The fourth-order valence-electron chi connectivity index (χ4n) is 1.85. The molecule has 0 saturated carbocycles. The number of nitrogens with zero attached hydrogens (tertiary/aromatic N) is 1. The maximum Gasteiger partial charge on any atom is 0.308 e. The molecule has 0 atom stereocenters. The standard InChI is InChI=1S/C19H22ClN3O6/c1-10(2)18(26)28-8-15(24)22-13-5-12(7-21)6-14(17(13)20)23-16(25)9-29-19(27)11(3)4/h5-6,10-11H,8-9H2,1-4H3,(H,22,24)(H,23,25). The Kier molecular flexibility index (Phi) is 9.09. The van der Waals surface area contributed by atoms with Crippen molar-refractivity contribution in [2.75, 3.05) is 23.8 Å². The molecule has 1 aromatic rings. The fourth-order valence-corrected chi connectivity index (χ4v) is 2.05. The van der Waals surface area contributed by atoms with Crippen LogP contribution in [0.5, 0.6) is 0 Å². The minimum absolute atomic E-state index is 0.0453. The van der Waals surface area contributed by atoms with Crippen LogP contribution in [0.4, 0.5) is 11.4 Å². The molecule has 2 amide bonds. The zero-order chi connectivity index (χ0) is 22.1. The molecule has 0 aliphatic carbocycles. The third-order valence-electron chi connectivity index (χ3n) is 3.38. The molecule has 156 valence electrons. The first kappa shape index (κ1) is 23.9. The molecule has 1 rings (SSSR count). The molecule has 0 spiro atoms. The van der Waals surface area contributed by atoms with Gasteiger partial charge in [0.15, 0.2) is 13.2 Å². The summed E-state index contributed by atoms with van der Waals surface area (Å²) in [4.78, 5) is 46.9. The lowest BCUT2D eigenvalue weighted by Gasteiger charge is -2.14. The first-order valence-corrected chi connectivity index (χ1v) is 9.09. The Balaban J connectivity index is 2.87. The second kappa shape index (κ2) is 11.0. The number of nitriles is 1. The Labute approximate surface area is 173 Å². The number of halogens is 1. The molecule has 0 bridgehead atoms. The van der Waals surface area contributed by atoms with Crippen molar-refractivity contribution < 1.29 is 28.7 Å². The first-order valence-electron chi connectivity index (χ1n) is 8.71. The van der Waals surface area contributed by atoms with E-state index in [9.17, 15) is 19.2 Å². The van der Waals surface area contributed by atoms with Gasteiger partial charge in [-0.1, -0.05) is 39.3 Å². The molecule has 0 aliphatic rings. The largest absolute Gasteiger partial charge is 0.455 e. The van der Waals surface area contributed by atoms with E-state index in [0.717, 1.165) is 0 Å². The molecule has 2 N–H and O–H groups in total. The number of amides is 2. The van der Waals surface area contributed by atoms with Gasteiger partial charge >= 0.3 is 11.9 Å². The number of hydrogen-bond donors (Lipinski definition) is 2. The highest BCUT2D eigenvalue weighted by Crippen LogP contribution is 2.32. The van der Waals surface area contributed by atoms with E-state index in [-0.39, 0.29) is 33.8 Å². The van der Waals surface area contributed by atoms with Crippen LogP contribution in [0.15, 0.2) is 12.1 Å². The highest BCUT2D eigenvalue weighted by Gasteiger charge is 2.17. The number of anilines is 2. The molecule has 0 aromatic heterocycles. The van der Waals surface area contributed by atoms with Gasteiger partial charge in [-0.05, 0) is 12.1 Å². The van der Waals surface area contributed by atoms with Crippen LogP contribution in [0.3, 0.4) is 0 Å². The van der Waals surface area contributed by atoms with Crippen molar-refractivity contribution in [1.82, 2.24) is 0 Å². The predicted octanol–water partition coefficient (Wildman–Crippen LogP) is 2.49. The van der Waals surface area contributed by atoms with Crippen LogP contribution in [0.1, 0.15) is 33.3 Å². The summed E-state index contributed by atoms with van der Waals surface area (Å²) in [5, 5.41) is 14.0. The second-order valence-corrected chi connectivity index (χ2v) is 7.00. The van der Waals surface area contributed by atoms with Crippen molar-refractivity contribution in [3.05, 3.63) is 22.7 Å². The summed E-state index contributed by atoms with van der Waals surface area (Å²) < 4.78 is 9.65. The quantitative estimate of drug-likeness (QED) is 0.613. The minimum Gasteiger partial charge on any atom is -0.455 e. The second-order valence-electron chi connectivity index (χ2n) is 6.62. The third-order valence-corrected chi connectivity index (χ3v) is 3.79. The van der Waals surface area contributed by atoms with Crippen molar-refractivity contribution >= 4 is 46.7 Å². The van der Waals surface area contributed by atoms with Gasteiger partial charge in [-0.25, -0.2) is 0 Å². The van der Waals surface area contributed by atoms with Crippen LogP contribution in [0, 0.1) is 23.2 Å². The topological polar surface area (TPSA) is 135 Å². The minimum atomic E-state index is -0.667. The summed E-state index contributed by atoms with van der Waals surface area (Å²) in [7, 11) is 0. The van der Waals surface area contributed by atoms with E-state index in [4.69, 9.17) is 26.3 Å². The number of benzene rings is 1. The molecule has 0 saturated heterocycles. The van der Waals surface area contributed by atoms with Crippen molar-refractivity contribution in [3.63, 3.8) is 0 Å². The summed E-state index contributed by atoms with van der Waals surface area (Å²) >= 11 is 6.20. The summed E-state index contributed by atoms with van der Waals surface area (Å²) in [6.45, 7) is 5.44. The Morgan fingerprint density at radius 1 is 0.931 bits per heavy atom. The number of ether oxygens (including phenoxy) is 2. The van der Waals surface area contributed by atoms with Gasteiger partial charge in [0.05, 0.1) is 39.9 Å². The molecule has 29 heavy (non-hydrogen) atoms. The van der Waals surface area contributed by atoms with E-state index in [2.05, 4.69) is 10.6 Å². The molecule has 0 heterocycles. The summed E-state index contributed by atoms with van der Waals surface area (Å²) in [6.07, 6.45) is 0. The lowest BCUT2D eigenvalue weighted by atomic mass is 10.1. The van der Waals surface area contributed by atoms with E-state index in [1.165, 1.54) is 12.1 Å². The van der Waals surface area contributed by atoms with E-state index in [0.29, 0.717) is 0 Å². The molecule has 9 nitrogen and oxygen atoms in total. The van der Waals surface area contributed by atoms with Gasteiger partial charge in [0, 0.05) is 0 Å². The number of rotatable bonds is 8. The monoisotopic (exact) mass is 423 g/mol. The molecule has 0 unspecified atom stereocenters. The number of nitrogens with one attached hydrogen (secondary N) is 2. The van der Waals surface area contributed by atoms with Gasteiger partial charge in [-0.2, -0.15) is 5.26 Å². The molecule has 1 aromatic carbocycles. The molecule has 0 fully saturated rings. The maximum absolute atomic E-state index is 12.0. The normalized spacial score (nSPS) is 10.3. The van der Waals surface area contributed by atoms with E-state index in [1.807, 2.05) is 6.07 Å². The zero-order valence-corrected chi connectivity index (χ0v) is 17.3. The summed E-state index contributed by atoms with van der Waals surface area (Å²) in [5.74, 6) is -3.19.